The third-order valence-electron chi connectivity index (χ3n) is 2.84. The van der Waals surface area contributed by atoms with E-state index in [1.807, 2.05) is 6.92 Å². The van der Waals surface area contributed by atoms with Crippen molar-refractivity contribution in [2.24, 2.45) is 5.92 Å². The molecule has 7 nitrogen and oxygen atoms in total. The summed E-state index contributed by atoms with van der Waals surface area (Å²) in [6.07, 6.45) is 2.95. The predicted molar refractivity (Wildman–Crippen MR) is 68.6 cm³/mol. The van der Waals surface area contributed by atoms with Gasteiger partial charge in [0.15, 0.2) is 0 Å². The zero-order valence-electron chi connectivity index (χ0n) is 11.1. The van der Waals surface area contributed by atoms with E-state index in [0.29, 0.717) is 19.4 Å². The number of urea groups is 1. The Balaban J connectivity index is 2.11. The van der Waals surface area contributed by atoms with Crippen molar-refractivity contribution in [3.8, 4) is 0 Å². The van der Waals surface area contributed by atoms with Gasteiger partial charge in [-0.1, -0.05) is 13.3 Å². The third-order valence-corrected chi connectivity index (χ3v) is 2.84. The maximum Gasteiger partial charge on any atom is 0.326 e. The first-order valence-corrected chi connectivity index (χ1v) is 6.59. The summed E-state index contributed by atoms with van der Waals surface area (Å²) in [5.41, 5.74) is 0. The lowest BCUT2D eigenvalue weighted by atomic mass is 10.2. The van der Waals surface area contributed by atoms with Crippen LogP contribution in [0.5, 0.6) is 0 Å². The van der Waals surface area contributed by atoms with Crippen LogP contribution in [-0.4, -0.2) is 42.1 Å². The van der Waals surface area contributed by atoms with Crippen molar-refractivity contribution in [1.82, 2.24) is 16.0 Å². The van der Waals surface area contributed by atoms with Gasteiger partial charge in [0.1, 0.15) is 6.04 Å². The zero-order valence-corrected chi connectivity index (χ0v) is 11.1. The lowest BCUT2D eigenvalue weighted by Crippen LogP contribution is -2.47. The summed E-state index contributed by atoms with van der Waals surface area (Å²) >= 11 is 0. The van der Waals surface area contributed by atoms with E-state index in [-0.39, 0.29) is 18.4 Å². The average molecular weight is 271 g/mol. The molecule has 0 spiro atoms. The van der Waals surface area contributed by atoms with Gasteiger partial charge in [-0.2, -0.15) is 0 Å². The van der Waals surface area contributed by atoms with Crippen LogP contribution in [0.3, 0.4) is 0 Å². The number of hydrogen-bond donors (Lipinski definition) is 4. The minimum atomic E-state index is -1.04. The Kier molecular flexibility index (Phi) is 6.11. The lowest BCUT2D eigenvalue weighted by molar-refractivity contribution is -0.139. The number of aliphatic carboxylic acids is 1. The Morgan fingerprint density at radius 1 is 1.21 bits per heavy atom. The van der Waals surface area contributed by atoms with Gasteiger partial charge in [-0.15, -0.1) is 0 Å². The van der Waals surface area contributed by atoms with E-state index in [0.717, 1.165) is 12.8 Å². The number of carboxylic acid groups (broad SMARTS) is 1. The van der Waals surface area contributed by atoms with E-state index in [1.54, 1.807) is 0 Å². The Hall–Kier alpha value is -1.79. The molecule has 1 saturated carbocycles. The number of amides is 3. The van der Waals surface area contributed by atoms with Gasteiger partial charge in [-0.3, -0.25) is 4.79 Å². The normalized spacial score (nSPS) is 15.4. The first-order valence-electron chi connectivity index (χ1n) is 6.59. The number of carbonyl (C=O) groups excluding carboxylic acids is 2. The molecule has 1 rings (SSSR count). The summed E-state index contributed by atoms with van der Waals surface area (Å²) in [6.45, 7) is 2.49. The van der Waals surface area contributed by atoms with Crippen LogP contribution in [0.2, 0.25) is 0 Å². The van der Waals surface area contributed by atoms with Crippen LogP contribution in [0.1, 0.15) is 32.6 Å². The first kappa shape index (κ1) is 15.3. The number of nitrogens with one attached hydrogen (secondary N) is 3. The van der Waals surface area contributed by atoms with E-state index in [4.69, 9.17) is 5.11 Å². The number of hydrogen-bond acceptors (Lipinski definition) is 3. The van der Waals surface area contributed by atoms with Gasteiger partial charge in [-0.25, -0.2) is 9.59 Å². The van der Waals surface area contributed by atoms with E-state index >= 15 is 0 Å². The topological polar surface area (TPSA) is 108 Å². The Bertz CT molecular complexity index is 342. The van der Waals surface area contributed by atoms with E-state index in [2.05, 4.69) is 16.0 Å². The molecule has 0 aromatic rings. The predicted octanol–water partition coefficient (Wildman–Crippen LogP) is 0.0651. The molecule has 7 heteroatoms. The van der Waals surface area contributed by atoms with Crippen molar-refractivity contribution < 1.29 is 19.5 Å². The Morgan fingerprint density at radius 2 is 1.84 bits per heavy atom. The second-order valence-electron chi connectivity index (χ2n) is 4.65. The summed E-state index contributed by atoms with van der Waals surface area (Å²) in [5.74, 6) is -0.870. The Morgan fingerprint density at radius 3 is 2.37 bits per heavy atom. The molecule has 108 valence electrons. The number of rotatable bonds is 8. The molecule has 1 fully saturated rings. The van der Waals surface area contributed by atoms with Crippen LogP contribution >= 0.6 is 0 Å². The average Bonchev–Trinajstić information content (AvgIpc) is 3.17. The fourth-order valence-electron chi connectivity index (χ4n) is 1.61. The van der Waals surface area contributed by atoms with Gasteiger partial charge in [0.05, 0.1) is 0 Å². The SMILES string of the molecule is CCC[C@H](NC(=O)NCCNC(=O)C1CC1)C(=O)O. The molecular formula is C12H21N3O4. The fraction of sp³-hybridized carbons (Fsp3) is 0.750. The molecule has 0 aromatic heterocycles. The molecule has 0 aromatic carbocycles. The van der Waals surface area contributed by atoms with Crippen LogP contribution in [0.25, 0.3) is 0 Å². The van der Waals surface area contributed by atoms with Crippen LogP contribution in [-0.2, 0) is 9.59 Å². The van der Waals surface area contributed by atoms with Gasteiger partial charge in [-0.05, 0) is 19.3 Å². The van der Waals surface area contributed by atoms with Crippen molar-refractivity contribution in [2.75, 3.05) is 13.1 Å². The molecule has 0 saturated heterocycles. The van der Waals surface area contributed by atoms with Crippen LogP contribution in [0.15, 0.2) is 0 Å². The largest absolute Gasteiger partial charge is 0.480 e. The molecule has 1 aliphatic rings. The highest BCUT2D eigenvalue weighted by atomic mass is 16.4. The molecule has 0 aliphatic heterocycles. The first-order chi connectivity index (χ1) is 9.04. The minimum Gasteiger partial charge on any atom is -0.480 e. The monoisotopic (exact) mass is 271 g/mol. The van der Waals surface area contributed by atoms with E-state index < -0.39 is 18.0 Å². The quantitative estimate of drug-likeness (QED) is 0.468. The number of carboxylic acids is 1. The molecule has 1 aliphatic carbocycles. The zero-order chi connectivity index (χ0) is 14.3. The lowest BCUT2D eigenvalue weighted by Gasteiger charge is -2.14. The van der Waals surface area contributed by atoms with Crippen molar-refractivity contribution in [1.29, 1.82) is 0 Å². The molecule has 0 bridgehead atoms. The summed E-state index contributed by atoms with van der Waals surface area (Å²) in [6, 6.07) is -1.40. The second-order valence-corrected chi connectivity index (χ2v) is 4.65. The Labute approximate surface area is 112 Å². The fourth-order valence-corrected chi connectivity index (χ4v) is 1.61. The van der Waals surface area contributed by atoms with Gasteiger partial charge in [0.2, 0.25) is 5.91 Å². The molecule has 19 heavy (non-hydrogen) atoms. The van der Waals surface area contributed by atoms with Gasteiger partial charge in [0.25, 0.3) is 0 Å². The minimum absolute atomic E-state index is 0.0246. The van der Waals surface area contributed by atoms with Gasteiger partial charge >= 0.3 is 12.0 Å². The molecule has 3 amide bonds. The maximum atomic E-state index is 11.4. The van der Waals surface area contributed by atoms with Gasteiger partial charge < -0.3 is 21.1 Å². The van der Waals surface area contributed by atoms with Crippen LogP contribution < -0.4 is 16.0 Å². The third kappa shape index (κ3) is 6.08. The number of carbonyl (C=O) groups is 3. The summed E-state index contributed by atoms with van der Waals surface area (Å²) in [5, 5.41) is 16.5. The molecule has 1 atom stereocenters. The molecule has 0 heterocycles. The van der Waals surface area contributed by atoms with E-state index in [9.17, 15) is 14.4 Å². The molecular weight excluding hydrogens is 250 g/mol. The van der Waals surface area contributed by atoms with Gasteiger partial charge in [0, 0.05) is 19.0 Å². The smallest absolute Gasteiger partial charge is 0.326 e. The molecule has 0 unspecified atom stereocenters. The summed E-state index contributed by atoms with van der Waals surface area (Å²) in [4.78, 5) is 33.5. The van der Waals surface area contributed by atoms with Crippen molar-refractivity contribution in [2.45, 2.75) is 38.6 Å². The van der Waals surface area contributed by atoms with Crippen molar-refractivity contribution in [3.63, 3.8) is 0 Å². The molecule has 0 radical (unpaired) electrons. The summed E-state index contributed by atoms with van der Waals surface area (Å²) in [7, 11) is 0. The van der Waals surface area contributed by atoms with Crippen LogP contribution in [0.4, 0.5) is 4.79 Å². The highest BCUT2D eigenvalue weighted by Crippen LogP contribution is 2.28. The van der Waals surface area contributed by atoms with Crippen LogP contribution in [0, 0.1) is 5.92 Å². The van der Waals surface area contributed by atoms with Crippen molar-refractivity contribution >= 4 is 17.9 Å². The maximum absolute atomic E-state index is 11.4. The van der Waals surface area contributed by atoms with E-state index in [1.165, 1.54) is 0 Å². The molecule has 4 N–H and O–H groups in total. The standard InChI is InChI=1S/C12H21N3O4/c1-2-3-9(11(17)18)15-12(19)14-7-6-13-10(16)8-4-5-8/h8-9H,2-7H2,1H3,(H,13,16)(H,17,18)(H2,14,15,19)/t9-/m0/s1. The second kappa shape index (κ2) is 7.60. The summed E-state index contributed by atoms with van der Waals surface area (Å²) < 4.78 is 0. The highest BCUT2D eigenvalue weighted by Gasteiger charge is 2.29. The van der Waals surface area contributed by atoms with Crippen molar-refractivity contribution in [3.05, 3.63) is 0 Å². The highest BCUT2D eigenvalue weighted by molar-refractivity contribution is 5.82.